The zero-order valence-corrected chi connectivity index (χ0v) is 14.3. The monoisotopic (exact) mass is 337 g/mol. The van der Waals surface area contributed by atoms with Gasteiger partial charge in [-0.2, -0.15) is 0 Å². The maximum Gasteiger partial charge on any atom is 0.275 e. The van der Waals surface area contributed by atoms with Crippen molar-refractivity contribution in [3.63, 3.8) is 0 Å². The molecule has 0 saturated carbocycles. The first-order valence-corrected chi connectivity index (χ1v) is 8.27. The summed E-state index contributed by atoms with van der Waals surface area (Å²) in [6.45, 7) is 2.02. The lowest BCUT2D eigenvalue weighted by Crippen LogP contribution is -2.17. The first kappa shape index (κ1) is 14.8. The summed E-state index contributed by atoms with van der Waals surface area (Å²) >= 11 is 1.36. The van der Waals surface area contributed by atoms with Crippen molar-refractivity contribution in [2.45, 2.75) is 6.92 Å². The van der Waals surface area contributed by atoms with Crippen molar-refractivity contribution < 1.29 is 0 Å². The average Bonchev–Trinajstić information content (AvgIpc) is 2.96. The molecule has 120 valence electrons. The average molecular weight is 337 g/mol. The quantitative estimate of drug-likeness (QED) is 0.563. The number of aryl methyl sites for hydroxylation is 1. The van der Waals surface area contributed by atoms with Crippen LogP contribution in [-0.2, 0) is 0 Å². The smallest absolute Gasteiger partial charge is 0.275 e. The van der Waals surface area contributed by atoms with Gasteiger partial charge in [-0.25, -0.2) is 15.0 Å². The zero-order valence-electron chi connectivity index (χ0n) is 13.5. The first-order valence-electron chi connectivity index (χ1n) is 7.45. The number of thiophene rings is 1. The van der Waals surface area contributed by atoms with E-state index in [9.17, 15) is 4.79 Å². The van der Waals surface area contributed by atoms with Gasteiger partial charge in [0.05, 0.1) is 11.1 Å². The van der Waals surface area contributed by atoms with Crippen molar-refractivity contribution in [3.8, 4) is 5.69 Å². The highest BCUT2D eigenvalue weighted by Crippen LogP contribution is 2.33. The summed E-state index contributed by atoms with van der Waals surface area (Å²) in [7, 11) is 3.83. The number of hydrogen-bond acceptors (Lipinski definition) is 6. The Bertz CT molecular complexity index is 1110. The van der Waals surface area contributed by atoms with E-state index in [-0.39, 0.29) is 5.56 Å². The molecule has 0 unspecified atom stereocenters. The van der Waals surface area contributed by atoms with Crippen LogP contribution in [0.15, 0.2) is 41.7 Å². The van der Waals surface area contributed by atoms with Gasteiger partial charge in [0.1, 0.15) is 33.5 Å². The minimum absolute atomic E-state index is 0.0865. The summed E-state index contributed by atoms with van der Waals surface area (Å²) in [4.78, 5) is 28.8. The molecule has 3 aromatic heterocycles. The molecule has 0 spiro atoms. The van der Waals surface area contributed by atoms with E-state index in [0.717, 1.165) is 27.3 Å². The van der Waals surface area contributed by atoms with E-state index in [1.54, 1.807) is 10.9 Å². The Morgan fingerprint density at radius 3 is 2.54 bits per heavy atom. The van der Waals surface area contributed by atoms with Crippen LogP contribution in [0.2, 0.25) is 0 Å². The van der Waals surface area contributed by atoms with Gasteiger partial charge in [-0.3, -0.25) is 9.36 Å². The lowest BCUT2D eigenvalue weighted by Gasteiger charge is -2.11. The third kappa shape index (κ3) is 2.16. The maximum absolute atomic E-state index is 12.9. The molecule has 24 heavy (non-hydrogen) atoms. The molecule has 1 aromatic carbocycles. The SMILES string of the molecule is Cc1ccc(-n2cnc3c(sc4ncnc(N(C)C)c43)c2=O)cc1. The normalized spacial score (nSPS) is 11.3. The van der Waals surface area contributed by atoms with Gasteiger partial charge in [-0.05, 0) is 19.1 Å². The second kappa shape index (κ2) is 5.38. The minimum atomic E-state index is -0.0865. The van der Waals surface area contributed by atoms with Crippen LogP contribution < -0.4 is 10.5 Å². The Morgan fingerprint density at radius 1 is 1.08 bits per heavy atom. The number of aromatic nitrogens is 4. The second-order valence-electron chi connectivity index (χ2n) is 5.81. The van der Waals surface area contributed by atoms with Gasteiger partial charge in [-0.1, -0.05) is 17.7 Å². The van der Waals surface area contributed by atoms with Gasteiger partial charge in [0, 0.05) is 14.1 Å². The zero-order chi connectivity index (χ0) is 16.8. The highest BCUT2D eigenvalue weighted by Gasteiger charge is 2.17. The molecular formula is C17H15N5OS. The number of benzene rings is 1. The number of nitrogens with zero attached hydrogens (tertiary/aromatic N) is 5. The lowest BCUT2D eigenvalue weighted by atomic mass is 10.2. The summed E-state index contributed by atoms with van der Waals surface area (Å²) in [5.41, 5.74) is 2.52. The number of rotatable bonds is 2. The van der Waals surface area contributed by atoms with Crippen LogP contribution in [0.4, 0.5) is 5.82 Å². The summed E-state index contributed by atoms with van der Waals surface area (Å²) in [5.74, 6) is 0.770. The fourth-order valence-corrected chi connectivity index (χ4v) is 3.70. The van der Waals surface area contributed by atoms with Crippen LogP contribution in [0.25, 0.3) is 26.1 Å². The largest absolute Gasteiger partial charge is 0.362 e. The molecule has 0 aliphatic rings. The Balaban J connectivity index is 2.04. The number of hydrogen-bond donors (Lipinski definition) is 0. The topological polar surface area (TPSA) is 63.9 Å². The highest BCUT2D eigenvalue weighted by atomic mass is 32.1. The highest BCUT2D eigenvalue weighted by molar-refractivity contribution is 7.25. The summed E-state index contributed by atoms with van der Waals surface area (Å²) in [6.07, 6.45) is 3.10. The molecule has 0 N–H and O–H groups in total. The summed E-state index contributed by atoms with van der Waals surface area (Å²) in [5, 5.41) is 0.829. The van der Waals surface area contributed by atoms with Gasteiger partial charge in [-0.15, -0.1) is 11.3 Å². The van der Waals surface area contributed by atoms with Crippen molar-refractivity contribution in [1.29, 1.82) is 0 Å². The van der Waals surface area contributed by atoms with E-state index in [4.69, 9.17) is 0 Å². The van der Waals surface area contributed by atoms with Crippen molar-refractivity contribution >= 4 is 37.6 Å². The van der Waals surface area contributed by atoms with Gasteiger partial charge >= 0.3 is 0 Å². The van der Waals surface area contributed by atoms with Crippen LogP contribution in [0.5, 0.6) is 0 Å². The second-order valence-corrected chi connectivity index (χ2v) is 6.81. The lowest BCUT2D eigenvalue weighted by molar-refractivity contribution is 0.966. The van der Waals surface area contributed by atoms with Gasteiger partial charge < -0.3 is 4.90 Å². The molecule has 0 aliphatic carbocycles. The molecule has 4 aromatic rings. The van der Waals surface area contributed by atoms with Gasteiger partial charge in [0.2, 0.25) is 0 Å². The minimum Gasteiger partial charge on any atom is -0.362 e. The fraction of sp³-hybridized carbons (Fsp3) is 0.176. The Kier molecular flexibility index (Phi) is 3.31. The predicted octanol–water partition coefficient (Wildman–Crippen LogP) is 2.76. The molecule has 0 fully saturated rings. The molecule has 0 atom stereocenters. The molecule has 0 radical (unpaired) electrons. The van der Waals surface area contributed by atoms with Gasteiger partial charge in [0.25, 0.3) is 5.56 Å². The van der Waals surface area contributed by atoms with E-state index < -0.39 is 0 Å². The summed E-state index contributed by atoms with van der Waals surface area (Å²) < 4.78 is 2.16. The third-order valence-electron chi connectivity index (χ3n) is 3.89. The molecule has 7 heteroatoms. The van der Waals surface area contributed by atoms with Crippen molar-refractivity contribution in [1.82, 2.24) is 19.5 Å². The molecule has 6 nitrogen and oxygen atoms in total. The van der Waals surface area contributed by atoms with E-state index in [2.05, 4.69) is 15.0 Å². The van der Waals surface area contributed by atoms with Crippen LogP contribution in [0.1, 0.15) is 5.56 Å². The van der Waals surface area contributed by atoms with Gasteiger partial charge in [0.15, 0.2) is 0 Å². The van der Waals surface area contributed by atoms with Crippen LogP contribution in [-0.4, -0.2) is 33.6 Å². The Hall–Kier alpha value is -2.80. The standard InChI is InChI=1S/C17H15N5OS/c1-10-4-6-11(7-5-10)22-9-20-13-12-15(21(2)3)18-8-19-16(12)24-14(13)17(22)23/h4-9H,1-3H3. The first-order chi connectivity index (χ1) is 11.6. The maximum atomic E-state index is 12.9. The molecule has 0 amide bonds. The van der Waals surface area contributed by atoms with Crippen LogP contribution in [0.3, 0.4) is 0 Å². The Morgan fingerprint density at radius 2 is 1.83 bits per heavy atom. The summed E-state index contributed by atoms with van der Waals surface area (Å²) in [6, 6.07) is 7.80. The number of fused-ring (bicyclic) bond motifs is 3. The van der Waals surface area contributed by atoms with Crippen molar-refractivity contribution in [2.24, 2.45) is 0 Å². The molecule has 3 heterocycles. The molecular weight excluding hydrogens is 322 g/mol. The molecule has 0 bridgehead atoms. The fourth-order valence-electron chi connectivity index (χ4n) is 2.68. The van der Waals surface area contributed by atoms with Crippen molar-refractivity contribution in [2.75, 3.05) is 19.0 Å². The van der Waals surface area contributed by atoms with Crippen LogP contribution >= 0.6 is 11.3 Å². The van der Waals surface area contributed by atoms with E-state index in [0.29, 0.717) is 10.2 Å². The number of anilines is 1. The van der Waals surface area contributed by atoms with E-state index in [1.165, 1.54) is 17.7 Å². The molecule has 4 rings (SSSR count). The third-order valence-corrected chi connectivity index (χ3v) is 4.97. The Labute approximate surface area is 142 Å². The van der Waals surface area contributed by atoms with E-state index >= 15 is 0 Å². The van der Waals surface area contributed by atoms with Crippen LogP contribution in [0, 0.1) is 6.92 Å². The molecule has 0 saturated heterocycles. The molecule has 0 aliphatic heterocycles. The van der Waals surface area contributed by atoms with Crippen molar-refractivity contribution in [3.05, 3.63) is 52.8 Å². The predicted molar refractivity (Wildman–Crippen MR) is 97.4 cm³/mol. The van der Waals surface area contributed by atoms with E-state index in [1.807, 2.05) is 50.2 Å².